The maximum atomic E-state index is 5.17. The van der Waals surface area contributed by atoms with Crippen molar-refractivity contribution in [1.29, 1.82) is 0 Å². The lowest BCUT2D eigenvalue weighted by Gasteiger charge is -2.11. The summed E-state index contributed by atoms with van der Waals surface area (Å²) in [6.45, 7) is 0. The van der Waals surface area contributed by atoms with Gasteiger partial charge in [0.25, 0.3) is 0 Å². The average molecular weight is 534 g/mol. The molecule has 0 fully saturated rings. The molecule has 0 saturated heterocycles. The van der Waals surface area contributed by atoms with E-state index >= 15 is 0 Å². The Morgan fingerprint density at radius 3 is 2.38 bits per heavy atom. The van der Waals surface area contributed by atoms with E-state index in [1.807, 2.05) is 29.9 Å². The third-order valence-electron chi connectivity index (χ3n) is 7.57. The summed E-state index contributed by atoms with van der Waals surface area (Å²) in [6.07, 6.45) is 3.68. The first-order valence-electron chi connectivity index (χ1n) is 13.2. The molecule has 190 valence electrons. The number of para-hydroxylation sites is 2. The van der Waals surface area contributed by atoms with Crippen molar-refractivity contribution in [2.45, 2.75) is 0 Å². The highest BCUT2D eigenvalue weighted by molar-refractivity contribution is 7.13. The number of aromatic nitrogens is 5. The van der Waals surface area contributed by atoms with Gasteiger partial charge >= 0.3 is 0 Å². The Morgan fingerprint density at radius 1 is 0.650 bits per heavy atom. The zero-order chi connectivity index (χ0) is 26.6. The fourth-order valence-corrected chi connectivity index (χ4v) is 6.39. The first kappa shape index (κ1) is 22.9. The van der Waals surface area contributed by atoms with E-state index in [0.29, 0.717) is 0 Å². The third kappa shape index (κ3) is 3.50. The van der Waals surface area contributed by atoms with Crippen LogP contribution in [0.15, 0.2) is 121 Å². The molecule has 40 heavy (non-hydrogen) atoms. The molecule has 0 bridgehead atoms. The Hall–Kier alpha value is -5.07. The highest BCUT2D eigenvalue weighted by atomic mass is 32.1. The Labute approximate surface area is 234 Å². The van der Waals surface area contributed by atoms with Gasteiger partial charge in [0, 0.05) is 58.0 Å². The smallest absolute Gasteiger partial charge is 0.140 e. The van der Waals surface area contributed by atoms with Gasteiger partial charge in [-0.15, -0.1) is 11.3 Å². The first-order chi connectivity index (χ1) is 19.8. The molecule has 0 radical (unpaired) electrons. The van der Waals surface area contributed by atoms with Crippen LogP contribution in [0.25, 0.3) is 71.7 Å². The zero-order valence-electron chi connectivity index (χ0n) is 21.7. The molecule has 0 atom stereocenters. The monoisotopic (exact) mass is 533 g/mol. The Balaban J connectivity index is 1.36. The second-order valence-corrected chi connectivity index (χ2v) is 10.7. The molecule has 8 rings (SSSR count). The average Bonchev–Trinajstić information content (AvgIpc) is 3.74. The number of fused-ring (bicyclic) bond motifs is 4. The van der Waals surface area contributed by atoms with Crippen LogP contribution in [0.4, 0.5) is 0 Å². The summed E-state index contributed by atoms with van der Waals surface area (Å²) in [4.78, 5) is 14.3. The molecule has 0 aliphatic carbocycles. The lowest BCUT2D eigenvalue weighted by molar-refractivity contribution is 0.959. The molecule has 4 heterocycles. The number of hydrogen-bond acceptors (Lipinski definition) is 4. The van der Waals surface area contributed by atoms with Crippen LogP contribution in [0.1, 0.15) is 0 Å². The van der Waals surface area contributed by atoms with E-state index in [2.05, 4.69) is 117 Å². The molecule has 0 unspecified atom stereocenters. The molecule has 4 aromatic carbocycles. The van der Waals surface area contributed by atoms with Crippen LogP contribution in [0.5, 0.6) is 0 Å². The standard InChI is InChI=1S/C34H23N5S/c1-38-30-14-7-11-27(34-36-18-19-40-34)32(30)37-33(38)23-15-16-26-25-10-2-3-13-29(25)39(31(26)21-23)24-9-6-8-22(20-24)28-12-4-5-17-35-28/h2-21H,1H3. The highest BCUT2D eigenvalue weighted by Gasteiger charge is 2.18. The number of thiazole rings is 1. The molecule has 8 aromatic rings. The van der Waals surface area contributed by atoms with Crippen LogP contribution >= 0.6 is 11.3 Å². The molecular weight excluding hydrogens is 510 g/mol. The van der Waals surface area contributed by atoms with Gasteiger partial charge in [0.15, 0.2) is 0 Å². The largest absolute Gasteiger partial charge is 0.327 e. The van der Waals surface area contributed by atoms with E-state index in [1.165, 1.54) is 16.3 Å². The third-order valence-corrected chi connectivity index (χ3v) is 8.38. The number of imidazole rings is 1. The van der Waals surface area contributed by atoms with Crippen molar-refractivity contribution in [3.63, 3.8) is 0 Å². The van der Waals surface area contributed by atoms with E-state index in [1.54, 1.807) is 11.3 Å². The van der Waals surface area contributed by atoms with Gasteiger partial charge < -0.3 is 9.13 Å². The predicted octanol–water partition coefficient (Wildman–Crippen LogP) is 8.52. The molecule has 0 N–H and O–H groups in total. The Kier molecular flexibility index (Phi) is 5.15. The highest BCUT2D eigenvalue weighted by Crippen LogP contribution is 2.37. The summed E-state index contributed by atoms with van der Waals surface area (Å²) in [5, 5.41) is 5.43. The van der Waals surface area contributed by atoms with Crippen molar-refractivity contribution in [3.8, 4) is 38.9 Å². The van der Waals surface area contributed by atoms with Gasteiger partial charge in [-0.2, -0.15) is 0 Å². The maximum Gasteiger partial charge on any atom is 0.140 e. The lowest BCUT2D eigenvalue weighted by Crippen LogP contribution is -1.96. The Bertz CT molecular complexity index is 2170. The van der Waals surface area contributed by atoms with E-state index < -0.39 is 0 Å². The van der Waals surface area contributed by atoms with Gasteiger partial charge in [-0.1, -0.05) is 54.6 Å². The van der Waals surface area contributed by atoms with Crippen LogP contribution in [0.2, 0.25) is 0 Å². The number of rotatable bonds is 4. The summed E-state index contributed by atoms with van der Waals surface area (Å²) in [6, 6.07) is 36.2. The van der Waals surface area contributed by atoms with Crippen LogP contribution in [-0.4, -0.2) is 24.1 Å². The van der Waals surface area contributed by atoms with Crippen molar-refractivity contribution >= 4 is 44.2 Å². The van der Waals surface area contributed by atoms with Crippen LogP contribution in [0.3, 0.4) is 0 Å². The molecule has 0 spiro atoms. The number of pyridine rings is 1. The van der Waals surface area contributed by atoms with E-state index in [4.69, 9.17) is 4.98 Å². The molecule has 6 heteroatoms. The molecule has 0 aliphatic heterocycles. The van der Waals surface area contributed by atoms with E-state index in [9.17, 15) is 0 Å². The number of benzene rings is 4. The maximum absolute atomic E-state index is 5.17. The summed E-state index contributed by atoms with van der Waals surface area (Å²) in [5.41, 5.74) is 9.66. The van der Waals surface area contributed by atoms with Crippen LogP contribution in [0, 0.1) is 0 Å². The minimum absolute atomic E-state index is 0.931. The minimum atomic E-state index is 0.931. The van der Waals surface area contributed by atoms with Gasteiger partial charge in [0.2, 0.25) is 0 Å². The van der Waals surface area contributed by atoms with Crippen molar-refractivity contribution in [1.82, 2.24) is 24.1 Å². The predicted molar refractivity (Wildman–Crippen MR) is 165 cm³/mol. The SMILES string of the molecule is Cn1c(-c2ccc3c4ccccc4n(-c4cccc(-c5ccccn5)c4)c3c2)nc2c(-c3nccs3)cccc21. The number of aryl methyl sites for hydroxylation is 1. The molecule has 4 aromatic heterocycles. The molecule has 5 nitrogen and oxygen atoms in total. The van der Waals surface area contributed by atoms with Gasteiger partial charge in [0.1, 0.15) is 10.8 Å². The first-order valence-corrected chi connectivity index (χ1v) is 14.0. The molecule has 0 saturated carbocycles. The normalized spacial score (nSPS) is 11.6. The minimum Gasteiger partial charge on any atom is -0.327 e. The number of nitrogens with zero attached hydrogens (tertiary/aromatic N) is 5. The van der Waals surface area contributed by atoms with Gasteiger partial charge in [-0.25, -0.2) is 9.97 Å². The van der Waals surface area contributed by atoms with Crippen molar-refractivity contribution < 1.29 is 0 Å². The molecule has 0 aliphatic rings. The van der Waals surface area contributed by atoms with Crippen molar-refractivity contribution in [2.75, 3.05) is 0 Å². The summed E-state index contributed by atoms with van der Waals surface area (Å²) in [7, 11) is 2.09. The van der Waals surface area contributed by atoms with Crippen LogP contribution < -0.4 is 0 Å². The van der Waals surface area contributed by atoms with Crippen molar-refractivity contribution in [2.24, 2.45) is 7.05 Å². The summed E-state index contributed by atoms with van der Waals surface area (Å²) in [5.74, 6) is 0.931. The Morgan fingerprint density at radius 2 is 1.50 bits per heavy atom. The fourth-order valence-electron chi connectivity index (χ4n) is 5.73. The molecule has 0 amide bonds. The lowest BCUT2D eigenvalue weighted by atomic mass is 10.1. The van der Waals surface area contributed by atoms with Gasteiger partial charge in [-0.3, -0.25) is 4.98 Å². The fraction of sp³-hybridized carbons (Fsp3) is 0.0294. The van der Waals surface area contributed by atoms with E-state index in [0.717, 1.165) is 55.5 Å². The second-order valence-electron chi connectivity index (χ2n) is 9.85. The number of hydrogen-bond donors (Lipinski definition) is 0. The zero-order valence-corrected chi connectivity index (χ0v) is 22.5. The second kappa shape index (κ2) is 9.00. The van der Waals surface area contributed by atoms with E-state index in [-0.39, 0.29) is 0 Å². The quantitative estimate of drug-likeness (QED) is 0.228. The summed E-state index contributed by atoms with van der Waals surface area (Å²) < 4.78 is 4.53. The van der Waals surface area contributed by atoms with Crippen LogP contribution in [-0.2, 0) is 7.05 Å². The van der Waals surface area contributed by atoms with Gasteiger partial charge in [-0.05, 0) is 48.5 Å². The van der Waals surface area contributed by atoms with Crippen molar-refractivity contribution in [3.05, 3.63) is 121 Å². The topological polar surface area (TPSA) is 48.5 Å². The molecular formula is C34H23N5S. The summed E-state index contributed by atoms with van der Waals surface area (Å²) >= 11 is 1.64. The van der Waals surface area contributed by atoms with Gasteiger partial charge in [0.05, 0.1) is 27.8 Å².